The third kappa shape index (κ3) is 5.96. The number of benzene rings is 1. The number of unbranched alkanes of at least 4 members (excludes halogenated alkanes) is 1. The van der Waals surface area contributed by atoms with Crippen LogP contribution in [0.4, 0.5) is 0 Å². The number of hydrogen-bond donors (Lipinski definition) is 1. The van der Waals surface area contributed by atoms with E-state index in [4.69, 9.17) is 9.47 Å². The highest BCUT2D eigenvalue weighted by molar-refractivity contribution is 5.58. The zero-order valence-electron chi connectivity index (χ0n) is 16.3. The number of nitrogens with one attached hydrogen (secondary N) is 1. The van der Waals surface area contributed by atoms with E-state index in [2.05, 4.69) is 49.2 Å². The maximum absolute atomic E-state index is 6.07. The quantitative estimate of drug-likeness (QED) is 0.676. The second-order valence-electron chi connectivity index (χ2n) is 6.79. The van der Waals surface area contributed by atoms with E-state index in [0.717, 1.165) is 49.8 Å². The minimum absolute atomic E-state index is 0.620. The fourth-order valence-electron chi connectivity index (χ4n) is 3.09. The number of ether oxygens (including phenoxy) is 2. The summed E-state index contributed by atoms with van der Waals surface area (Å²) in [6.07, 6.45) is 7.10. The predicted octanol–water partition coefficient (Wildman–Crippen LogP) is 4.51. The van der Waals surface area contributed by atoms with Gasteiger partial charge < -0.3 is 14.8 Å². The Labute approximate surface area is 153 Å². The maximum Gasteiger partial charge on any atom is 0.161 e. The van der Waals surface area contributed by atoms with Crippen LogP contribution in [0.3, 0.4) is 0 Å². The van der Waals surface area contributed by atoms with Crippen LogP contribution in [0, 0.1) is 5.92 Å². The Kier molecular flexibility index (Phi) is 8.13. The Bertz CT molecular complexity index is 557. The second-order valence-corrected chi connectivity index (χ2v) is 6.79. The zero-order chi connectivity index (χ0) is 18.1. The van der Waals surface area contributed by atoms with Crippen LogP contribution in [-0.4, -0.2) is 38.4 Å². The van der Waals surface area contributed by atoms with Crippen LogP contribution in [0.5, 0.6) is 11.5 Å². The van der Waals surface area contributed by atoms with Crippen molar-refractivity contribution in [1.82, 2.24) is 10.2 Å². The number of rotatable bonds is 10. The molecule has 0 aromatic heterocycles. The molecule has 1 aromatic carbocycles. The van der Waals surface area contributed by atoms with E-state index in [1.165, 1.54) is 25.0 Å². The molecule has 0 spiro atoms. The Hall–Kier alpha value is -1.68. The molecule has 25 heavy (non-hydrogen) atoms. The van der Waals surface area contributed by atoms with E-state index in [9.17, 15) is 0 Å². The van der Waals surface area contributed by atoms with Gasteiger partial charge >= 0.3 is 0 Å². The van der Waals surface area contributed by atoms with Gasteiger partial charge in [0, 0.05) is 12.2 Å². The molecule has 1 fully saturated rings. The van der Waals surface area contributed by atoms with Gasteiger partial charge in [0.25, 0.3) is 0 Å². The van der Waals surface area contributed by atoms with Gasteiger partial charge in [0.1, 0.15) is 0 Å². The molecule has 1 atom stereocenters. The summed E-state index contributed by atoms with van der Waals surface area (Å²) in [7, 11) is 1.71. The number of methoxy groups -OCH3 is 1. The number of likely N-dealkylation sites (N-methyl/N-ethyl adjacent to an activating group) is 1. The Morgan fingerprint density at radius 2 is 2.08 bits per heavy atom. The highest BCUT2D eigenvalue weighted by Crippen LogP contribution is 2.30. The molecule has 1 aromatic rings. The minimum atomic E-state index is 0.620. The summed E-state index contributed by atoms with van der Waals surface area (Å²) >= 11 is 0. The first-order valence-electron chi connectivity index (χ1n) is 9.67. The van der Waals surface area contributed by atoms with Crippen LogP contribution in [-0.2, 0) is 0 Å². The first kappa shape index (κ1) is 19.6. The molecule has 2 rings (SSSR count). The molecule has 0 radical (unpaired) electrons. The van der Waals surface area contributed by atoms with Gasteiger partial charge in [0.15, 0.2) is 11.5 Å². The van der Waals surface area contributed by atoms with Crippen molar-refractivity contribution in [2.75, 3.05) is 33.5 Å². The topological polar surface area (TPSA) is 33.7 Å². The van der Waals surface area contributed by atoms with E-state index < -0.39 is 0 Å². The maximum atomic E-state index is 6.07. The van der Waals surface area contributed by atoms with Gasteiger partial charge in [-0.2, -0.15) is 0 Å². The molecule has 140 valence electrons. The molecule has 1 unspecified atom stereocenters. The third-order valence-corrected chi connectivity index (χ3v) is 4.92. The van der Waals surface area contributed by atoms with Crippen LogP contribution < -0.4 is 14.8 Å². The van der Waals surface area contributed by atoms with Gasteiger partial charge in [-0.3, -0.25) is 4.90 Å². The van der Waals surface area contributed by atoms with E-state index in [1.54, 1.807) is 7.11 Å². The van der Waals surface area contributed by atoms with E-state index >= 15 is 0 Å². The van der Waals surface area contributed by atoms with Crippen molar-refractivity contribution in [1.29, 1.82) is 0 Å². The Morgan fingerprint density at radius 1 is 1.24 bits per heavy atom. The minimum Gasteiger partial charge on any atom is -0.493 e. The molecule has 0 amide bonds. The van der Waals surface area contributed by atoms with Crippen LogP contribution in [0.15, 0.2) is 23.9 Å². The fraction of sp³-hybridized carbons (Fsp3) is 0.619. The van der Waals surface area contributed by atoms with Crippen LogP contribution in [0.25, 0.3) is 6.08 Å². The molecule has 4 heteroatoms. The van der Waals surface area contributed by atoms with Crippen LogP contribution >= 0.6 is 0 Å². The molecular weight excluding hydrogens is 312 g/mol. The summed E-state index contributed by atoms with van der Waals surface area (Å²) in [5.74, 6) is 2.27. The summed E-state index contributed by atoms with van der Waals surface area (Å²) in [4.78, 5) is 2.36. The normalized spacial score (nSPS) is 17.5. The van der Waals surface area contributed by atoms with Crippen molar-refractivity contribution in [3.8, 4) is 11.5 Å². The van der Waals surface area contributed by atoms with Crippen molar-refractivity contribution in [2.24, 2.45) is 5.92 Å². The Morgan fingerprint density at radius 3 is 2.72 bits per heavy atom. The molecule has 1 heterocycles. The largest absolute Gasteiger partial charge is 0.493 e. The summed E-state index contributed by atoms with van der Waals surface area (Å²) in [5, 5.41) is 3.44. The average molecular weight is 347 g/mol. The Balaban J connectivity index is 2.00. The van der Waals surface area contributed by atoms with Crippen molar-refractivity contribution in [2.45, 2.75) is 46.5 Å². The number of nitrogens with zero attached hydrogens (tertiary/aromatic N) is 1. The second kappa shape index (κ2) is 10.3. The summed E-state index contributed by atoms with van der Waals surface area (Å²) < 4.78 is 11.6. The van der Waals surface area contributed by atoms with E-state index in [0.29, 0.717) is 5.92 Å². The first-order valence-corrected chi connectivity index (χ1v) is 9.67. The molecule has 0 aliphatic carbocycles. The lowest BCUT2D eigenvalue weighted by Gasteiger charge is -2.17. The standard InChI is InChI=1S/C21H34N2O2/c1-5-8-9-17(6-2)15-25-20-11-10-18(13-21(20)24-4)12-19-14-23(7-3)16-22-19/h10-13,17,22H,5-9,14-16H2,1-4H3. The molecule has 1 aliphatic rings. The van der Waals surface area contributed by atoms with E-state index in [-0.39, 0.29) is 0 Å². The smallest absolute Gasteiger partial charge is 0.161 e. The molecule has 0 bridgehead atoms. The summed E-state index contributed by atoms with van der Waals surface area (Å²) in [6, 6.07) is 6.20. The number of hydrogen-bond acceptors (Lipinski definition) is 4. The van der Waals surface area contributed by atoms with Gasteiger partial charge in [-0.15, -0.1) is 0 Å². The lowest BCUT2D eigenvalue weighted by molar-refractivity contribution is 0.224. The fourth-order valence-corrected chi connectivity index (χ4v) is 3.09. The van der Waals surface area contributed by atoms with Gasteiger partial charge in [0.05, 0.1) is 20.4 Å². The summed E-state index contributed by atoms with van der Waals surface area (Å²) in [6.45, 7) is 10.4. The SMILES string of the molecule is CCCCC(CC)COc1ccc(C=C2CN(CC)CN2)cc1OC. The first-order chi connectivity index (χ1) is 12.2. The van der Waals surface area contributed by atoms with Gasteiger partial charge in [-0.1, -0.05) is 46.1 Å². The average Bonchev–Trinajstić information content (AvgIpc) is 3.10. The van der Waals surface area contributed by atoms with Gasteiger partial charge in [0.2, 0.25) is 0 Å². The predicted molar refractivity (Wildman–Crippen MR) is 105 cm³/mol. The lowest BCUT2D eigenvalue weighted by Crippen LogP contribution is -2.20. The van der Waals surface area contributed by atoms with Gasteiger partial charge in [-0.05, 0) is 42.7 Å². The highest BCUT2D eigenvalue weighted by atomic mass is 16.5. The molecule has 1 N–H and O–H groups in total. The van der Waals surface area contributed by atoms with Gasteiger partial charge in [-0.25, -0.2) is 0 Å². The third-order valence-electron chi connectivity index (χ3n) is 4.92. The van der Waals surface area contributed by atoms with Crippen molar-refractivity contribution < 1.29 is 9.47 Å². The molecular formula is C21H34N2O2. The zero-order valence-corrected chi connectivity index (χ0v) is 16.3. The van der Waals surface area contributed by atoms with Crippen molar-refractivity contribution >= 4 is 6.08 Å². The van der Waals surface area contributed by atoms with Crippen molar-refractivity contribution in [3.63, 3.8) is 0 Å². The van der Waals surface area contributed by atoms with Crippen LogP contribution in [0.2, 0.25) is 0 Å². The molecule has 1 saturated heterocycles. The van der Waals surface area contributed by atoms with Crippen molar-refractivity contribution in [3.05, 3.63) is 29.5 Å². The lowest BCUT2D eigenvalue weighted by atomic mass is 10.0. The molecule has 1 aliphatic heterocycles. The molecule has 0 saturated carbocycles. The van der Waals surface area contributed by atoms with Crippen LogP contribution in [0.1, 0.15) is 52.0 Å². The summed E-state index contributed by atoms with van der Waals surface area (Å²) in [5.41, 5.74) is 2.39. The molecule has 4 nitrogen and oxygen atoms in total. The monoisotopic (exact) mass is 346 g/mol. The van der Waals surface area contributed by atoms with E-state index in [1.807, 2.05) is 6.07 Å². The highest BCUT2D eigenvalue weighted by Gasteiger charge is 2.14.